The van der Waals surface area contributed by atoms with Crippen molar-refractivity contribution in [3.8, 4) is 0 Å². The van der Waals surface area contributed by atoms with Crippen molar-refractivity contribution in [3.05, 3.63) is 51.5 Å². The van der Waals surface area contributed by atoms with Gasteiger partial charge in [0, 0.05) is 24.0 Å². The molecule has 0 spiro atoms. The van der Waals surface area contributed by atoms with Crippen molar-refractivity contribution < 1.29 is 0 Å². The van der Waals surface area contributed by atoms with Crippen LogP contribution in [0.4, 0.5) is 0 Å². The first-order valence-electron chi connectivity index (χ1n) is 6.09. The molecule has 1 atom stereocenters. The van der Waals surface area contributed by atoms with E-state index < -0.39 is 0 Å². The second-order valence-electron chi connectivity index (χ2n) is 4.63. The lowest BCUT2D eigenvalue weighted by Gasteiger charge is -2.16. The Kier molecular flexibility index (Phi) is 4.47. The van der Waals surface area contributed by atoms with Crippen molar-refractivity contribution in [1.29, 1.82) is 0 Å². The van der Waals surface area contributed by atoms with E-state index in [0.717, 1.165) is 17.8 Å². The Hall–Kier alpha value is -1.23. The van der Waals surface area contributed by atoms with Crippen LogP contribution in [-0.2, 0) is 12.8 Å². The first kappa shape index (κ1) is 13.2. The van der Waals surface area contributed by atoms with Crippen molar-refractivity contribution in [2.45, 2.75) is 32.7 Å². The van der Waals surface area contributed by atoms with Crippen molar-refractivity contribution in [2.75, 3.05) is 0 Å². The number of aromatic nitrogens is 1. The normalized spacial score (nSPS) is 12.6. The molecule has 3 nitrogen and oxygen atoms in total. The molecule has 96 valence electrons. The summed E-state index contributed by atoms with van der Waals surface area (Å²) >= 11 is 1.68. The zero-order valence-electron chi connectivity index (χ0n) is 10.8. The average Bonchev–Trinajstić information content (AvgIpc) is 2.85. The Morgan fingerprint density at radius 2 is 2.17 bits per heavy atom. The van der Waals surface area contributed by atoms with E-state index in [2.05, 4.69) is 42.5 Å². The molecule has 0 saturated heterocycles. The minimum Gasteiger partial charge on any atom is -0.271 e. The molecule has 0 fully saturated rings. The number of hydrogen-bond donors (Lipinski definition) is 2. The third kappa shape index (κ3) is 3.38. The fraction of sp³-hybridized carbons (Fsp3) is 0.357. The van der Waals surface area contributed by atoms with E-state index in [1.165, 1.54) is 16.7 Å². The predicted molar refractivity (Wildman–Crippen MR) is 76.5 cm³/mol. The van der Waals surface area contributed by atoms with Crippen LogP contribution in [0.3, 0.4) is 0 Å². The number of hydrogen-bond acceptors (Lipinski definition) is 4. The molecule has 0 aliphatic heterocycles. The van der Waals surface area contributed by atoms with Gasteiger partial charge in [0.15, 0.2) is 0 Å². The number of nitrogens with two attached hydrogens (primary N) is 1. The molecule has 4 heteroatoms. The monoisotopic (exact) mass is 261 g/mol. The molecule has 0 aliphatic rings. The zero-order chi connectivity index (χ0) is 13.0. The van der Waals surface area contributed by atoms with Gasteiger partial charge in [0.05, 0.1) is 5.01 Å². The van der Waals surface area contributed by atoms with Gasteiger partial charge in [-0.15, -0.1) is 11.3 Å². The van der Waals surface area contributed by atoms with E-state index >= 15 is 0 Å². The van der Waals surface area contributed by atoms with Gasteiger partial charge < -0.3 is 0 Å². The van der Waals surface area contributed by atoms with Crippen LogP contribution < -0.4 is 11.3 Å². The van der Waals surface area contributed by atoms with Gasteiger partial charge in [-0.3, -0.25) is 11.3 Å². The summed E-state index contributed by atoms with van der Waals surface area (Å²) in [7, 11) is 0. The van der Waals surface area contributed by atoms with Crippen LogP contribution in [0, 0.1) is 13.8 Å². The van der Waals surface area contributed by atoms with Crippen LogP contribution in [0.2, 0.25) is 0 Å². The molecule has 1 unspecified atom stereocenters. The highest BCUT2D eigenvalue weighted by atomic mass is 32.1. The summed E-state index contributed by atoms with van der Waals surface area (Å²) in [5.74, 6) is 5.65. The minimum absolute atomic E-state index is 0.233. The van der Waals surface area contributed by atoms with E-state index in [1.54, 1.807) is 11.3 Å². The molecule has 0 bridgehead atoms. The highest BCUT2D eigenvalue weighted by Gasteiger charge is 2.12. The fourth-order valence-corrected chi connectivity index (χ4v) is 2.74. The summed E-state index contributed by atoms with van der Waals surface area (Å²) in [5, 5.41) is 3.13. The Balaban J connectivity index is 2.07. The van der Waals surface area contributed by atoms with Crippen molar-refractivity contribution in [1.82, 2.24) is 10.4 Å². The maximum absolute atomic E-state index is 5.65. The van der Waals surface area contributed by atoms with Crippen LogP contribution >= 0.6 is 11.3 Å². The summed E-state index contributed by atoms with van der Waals surface area (Å²) in [4.78, 5) is 4.31. The highest BCUT2D eigenvalue weighted by Crippen LogP contribution is 2.15. The third-order valence-corrected chi connectivity index (χ3v) is 3.91. The Morgan fingerprint density at radius 3 is 2.83 bits per heavy atom. The summed E-state index contributed by atoms with van der Waals surface area (Å²) in [6.07, 6.45) is 3.65. The molecule has 1 aromatic carbocycles. The largest absolute Gasteiger partial charge is 0.271 e. The Labute approximate surface area is 112 Å². The molecule has 0 amide bonds. The number of aryl methyl sites for hydroxylation is 2. The Morgan fingerprint density at radius 1 is 1.33 bits per heavy atom. The van der Waals surface area contributed by atoms with Gasteiger partial charge in [0.1, 0.15) is 0 Å². The first-order chi connectivity index (χ1) is 8.69. The van der Waals surface area contributed by atoms with Gasteiger partial charge in [-0.1, -0.05) is 23.8 Å². The smallest absolute Gasteiger partial charge is 0.0940 e. The maximum atomic E-state index is 5.65. The molecular formula is C14H19N3S. The van der Waals surface area contributed by atoms with Gasteiger partial charge in [-0.25, -0.2) is 4.98 Å². The van der Waals surface area contributed by atoms with Crippen LogP contribution in [0.1, 0.15) is 21.7 Å². The van der Waals surface area contributed by atoms with Gasteiger partial charge >= 0.3 is 0 Å². The zero-order valence-corrected chi connectivity index (χ0v) is 11.6. The molecule has 0 aliphatic carbocycles. The molecule has 2 aromatic rings. The lowest BCUT2D eigenvalue weighted by atomic mass is 9.98. The topological polar surface area (TPSA) is 50.9 Å². The predicted octanol–water partition coefficient (Wildman–Crippen LogP) is 2.38. The fourth-order valence-electron chi connectivity index (χ4n) is 2.04. The lowest BCUT2D eigenvalue weighted by Crippen LogP contribution is -2.38. The third-order valence-electron chi connectivity index (χ3n) is 3.11. The quantitative estimate of drug-likeness (QED) is 0.642. The summed E-state index contributed by atoms with van der Waals surface area (Å²) in [6, 6.07) is 6.78. The van der Waals surface area contributed by atoms with Crippen molar-refractivity contribution >= 4 is 11.3 Å². The summed E-state index contributed by atoms with van der Waals surface area (Å²) in [5.41, 5.74) is 6.87. The van der Waals surface area contributed by atoms with E-state index in [1.807, 2.05) is 11.6 Å². The summed E-state index contributed by atoms with van der Waals surface area (Å²) in [6.45, 7) is 4.26. The molecule has 1 heterocycles. The second-order valence-corrected chi connectivity index (χ2v) is 5.61. The Bertz CT molecular complexity index is 494. The molecule has 3 N–H and O–H groups in total. The van der Waals surface area contributed by atoms with Crippen molar-refractivity contribution in [2.24, 2.45) is 5.84 Å². The average molecular weight is 261 g/mol. The van der Waals surface area contributed by atoms with Gasteiger partial charge in [-0.05, 0) is 31.4 Å². The first-order valence-corrected chi connectivity index (χ1v) is 6.97. The molecular weight excluding hydrogens is 242 g/mol. The van der Waals surface area contributed by atoms with Crippen LogP contribution in [0.5, 0.6) is 0 Å². The van der Waals surface area contributed by atoms with Crippen LogP contribution in [-0.4, -0.2) is 11.0 Å². The van der Waals surface area contributed by atoms with Crippen molar-refractivity contribution in [3.63, 3.8) is 0 Å². The van der Waals surface area contributed by atoms with Crippen LogP contribution in [0.15, 0.2) is 29.8 Å². The number of benzene rings is 1. The van der Waals surface area contributed by atoms with E-state index in [-0.39, 0.29) is 6.04 Å². The number of hydrazine groups is 1. The van der Waals surface area contributed by atoms with E-state index in [4.69, 9.17) is 5.84 Å². The molecule has 18 heavy (non-hydrogen) atoms. The molecule has 1 aromatic heterocycles. The van der Waals surface area contributed by atoms with Gasteiger partial charge in [0.25, 0.3) is 0 Å². The minimum atomic E-state index is 0.233. The lowest BCUT2D eigenvalue weighted by molar-refractivity contribution is 0.520. The maximum Gasteiger partial charge on any atom is 0.0940 e. The molecule has 0 radical (unpaired) electrons. The number of nitrogens with zero attached hydrogens (tertiary/aromatic N) is 1. The second kappa shape index (κ2) is 6.09. The number of thiazole rings is 1. The van der Waals surface area contributed by atoms with E-state index in [0.29, 0.717) is 0 Å². The van der Waals surface area contributed by atoms with Gasteiger partial charge in [-0.2, -0.15) is 0 Å². The number of nitrogens with one attached hydrogen (secondary N) is 1. The summed E-state index contributed by atoms with van der Waals surface area (Å²) < 4.78 is 0. The van der Waals surface area contributed by atoms with Gasteiger partial charge in [0.2, 0.25) is 0 Å². The number of rotatable bonds is 5. The molecule has 2 rings (SSSR count). The highest BCUT2D eigenvalue weighted by molar-refractivity contribution is 7.09. The molecule has 0 saturated carbocycles. The SMILES string of the molecule is Cc1ccc(C)c(CC(Cc2nccs2)NN)c1. The standard InChI is InChI=1S/C14H19N3S/c1-10-3-4-11(2)12(7-10)8-13(17-15)9-14-16-5-6-18-14/h3-7,13,17H,8-9,15H2,1-2H3. The van der Waals surface area contributed by atoms with E-state index in [9.17, 15) is 0 Å². The van der Waals surface area contributed by atoms with Crippen LogP contribution in [0.25, 0.3) is 0 Å².